The lowest BCUT2D eigenvalue weighted by atomic mass is 9.92. The minimum Gasteiger partial charge on any atom is -0.494 e. The second-order valence-electron chi connectivity index (χ2n) is 7.38. The van der Waals surface area contributed by atoms with Gasteiger partial charge in [-0.05, 0) is 50.5 Å². The van der Waals surface area contributed by atoms with Crippen LogP contribution in [0.25, 0.3) is 22.2 Å². The molecule has 0 radical (unpaired) electrons. The predicted octanol–water partition coefficient (Wildman–Crippen LogP) is 5.83. The summed E-state index contributed by atoms with van der Waals surface area (Å²) in [6.07, 6.45) is 3.50. The van der Waals surface area contributed by atoms with Gasteiger partial charge in [0, 0.05) is 43.0 Å². The van der Waals surface area contributed by atoms with E-state index in [-0.39, 0.29) is 0 Å². The summed E-state index contributed by atoms with van der Waals surface area (Å²) in [6, 6.07) is 14.2. The Kier molecular flexibility index (Phi) is 5.78. The fourth-order valence-corrected chi connectivity index (χ4v) is 4.72. The Labute approximate surface area is 176 Å². The molecule has 1 fully saturated rings. The molecule has 160 valence electrons. The van der Waals surface area contributed by atoms with Crippen LogP contribution in [-0.2, 0) is 13.6 Å². The number of ether oxygens (including phenoxy) is 1. The molecule has 4 rings (SSSR count). The van der Waals surface area contributed by atoms with Crippen LogP contribution in [0.4, 0.5) is 11.4 Å². The number of hydrogen-bond donors (Lipinski definition) is 2. The van der Waals surface area contributed by atoms with Gasteiger partial charge in [0.25, 0.3) is 0 Å². The van der Waals surface area contributed by atoms with Gasteiger partial charge in [0.15, 0.2) is 0 Å². The molecule has 1 aliphatic carbocycles. The maximum Gasteiger partial charge on any atom is 0.432 e. The topological polar surface area (TPSA) is 87.7 Å². The number of anilines is 2. The molecule has 1 aromatic heterocycles. The van der Waals surface area contributed by atoms with E-state index in [1.54, 1.807) is 0 Å². The number of fused-ring (bicyclic) bond motifs is 1. The third kappa shape index (κ3) is 3.69. The minimum atomic E-state index is -3.35. The Morgan fingerprint density at radius 2 is 1.83 bits per heavy atom. The van der Waals surface area contributed by atoms with E-state index in [4.69, 9.17) is 19.5 Å². The smallest absolute Gasteiger partial charge is 0.432 e. The van der Waals surface area contributed by atoms with E-state index in [0.717, 1.165) is 46.4 Å². The summed E-state index contributed by atoms with van der Waals surface area (Å²) in [5.74, 6) is 0.851. The lowest BCUT2D eigenvalue weighted by Gasteiger charge is -2.30. The average molecular weight is 429 g/mol. The van der Waals surface area contributed by atoms with Crippen molar-refractivity contribution < 1.29 is 18.3 Å². The molecule has 3 N–H and O–H groups in total. The van der Waals surface area contributed by atoms with Gasteiger partial charge < -0.3 is 15.0 Å². The van der Waals surface area contributed by atoms with Crippen molar-refractivity contribution in [1.82, 2.24) is 4.57 Å². The molecule has 0 unspecified atom stereocenters. The molecule has 1 saturated carbocycles. The largest absolute Gasteiger partial charge is 0.494 e. The van der Waals surface area contributed by atoms with Crippen LogP contribution in [0.1, 0.15) is 32.2 Å². The minimum absolute atomic E-state index is 0.427. The summed E-state index contributed by atoms with van der Waals surface area (Å²) in [5.41, 5.74) is 11.2. The molecule has 7 nitrogen and oxygen atoms in total. The zero-order chi connectivity index (χ0) is 21.3. The number of aromatic nitrogens is 1. The van der Waals surface area contributed by atoms with Crippen LogP contribution in [0.2, 0.25) is 0 Å². The highest BCUT2D eigenvalue weighted by Crippen LogP contribution is 2.47. The quantitative estimate of drug-likeness (QED) is 0.438. The van der Waals surface area contributed by atoms with E-state index in [9.17, 15) is 4.57 Å². The molecule has 0 aliphatic heterocycles. The summed E-state index contributed by atoms with van der Waals surface area (Å²) in [7, 11) is -0.656. The van der Waals surface area contributed by atoms with E-state index in [0.29, 0.717) is 18.3 Å². The summed E-state index contributed by atoms with van der Waals surface area (Å²) >= 11 is 0. The predicted molar refractivity (Wildman–Crippen MR) is 121 cm³/mol. The lowest BCUT2D eigenvalue weighted by molar-refractivity contribution is 0.281. The maximum absolute atomic E-state index is 12.3. The van der Waals surface area contributed by atoms with Crippen LogP contribution in [0, 0.1) is 0 Å². The van der Waals surface area contributed by atoms with Crippen LogP contribution in [0.15, 0.2) is 42.5 Å². The lowest BCUT2D eigenvalue weighted by Crippen LogP contribution is -2.17. The highest BCUT2D eigenvalue weighted by atomic mass is 31.2. The number of nitrogens with zero attached hydrogens (tertiary/aromatic N) is 1. The first-order valence-electron chi connectivity index (χ1n) is 10.2. The molecule has 8 heteroatoms. The molecule has 0 spiro atoms. The number of hydrogen-bond acceptors (Lipinski definition) is 5. The molecule has 1 heterocycles. The second-order valence-corrected chi connectivity index (χ2v) is 9.33. The monoisotopic (exact) mass is 429 g/mol. The second kappa shape index (κ2) is 8.34. The van der Waals surface area contributed by atoms with Gasteiger partial charge in [-0.25, -0.2) is 4.57 Å². The molecule has 0 amide bonds. The molecule has 3 aromatic rings. The Bertz CT molecular complexity index is 1080. The van der Waals surface area contributed by atoms with Gasteiger partial charge in [-0.3, -0.25) is 14.1 Å². The fraction of sp³-hybridized carbons (Fsp3) is 0.364. The number of benzene rings is 2. The number of nitrogens with one attached hydrogen (secondary N) is 1. The summed E-state index contributed by atoms with van der Waals surface area (Å²) < 4.78 is 30.3. The van der Waals surface area contributed by atoms with Crippen LogP contribution < -0.4 is 15.6 Å². The van der Waals surface area contributed by atoms with Crippen LogP contribution in [-0.4, -0.2) is 25.4 Å². The van der Waals surface area contributed by atoms with Crippen molar-refractivity contribution in [3.8, 4) is 17.0 Å². The van der Waals surface area contributed by atoms with Gasteiger partial charge >= 0.3 is 7.75 Å². The highest BCUT2D eigenvalue weighted by Gasteiger charge is 2.27. The average Bonchev–Trinajstić information content (AvgIpc) is 2.99. The van der Waals surface area contributed by atoms with Crippen molar-refractivity contribution in [2.75, 3.05) is 31.6 Å². The normalized spacial score (nSPS) is 14.6. The molecular weight excluding hydrogens is 401 g/mol. The van der Waals surface area contributed by atoms with E-state index in [1.165, 1.54) is 20.6 Å². The molecular formula is C22H28N3O4P. The van der Waals surface area contributed by atoms with Crippen LogP contribution in [0.5, 0.6) is 5.75 Å². The molecule has 1 aliphatic rings. The van der Waals surface area contributed by atoms with Gasteiger partial charge in [0.1, 0.15) is 5.75 Å². The number of nitrogen functional groups attached to an aromatic ring is 1. The van der Waals surface area contributed by atoms with Crippen molar-refractivity contribution in [3.05, 3.63) is 42.5 Å². The van der Waals surface area contributed by atoms with Gasteiger partial charge in [0.05, 0.1) is 23.5 Å². The van der Waals surface area contributed by atoms with E-state index in [2.05, 4.69) is 15.7 Å². The van der Waals surface area contributed by atoms with E-state index < -0.39 is 7.75 Å². The van der Waals surface area contributed by atoms with Gasteiger partial charge in [-0.2, -0.15) is 0 Å². The first-order valence-corrected chi connectivity index (χ1v) is 11.7. The van der Waals surface area contributed by atoms with Gasteiger partial charge in [-0.15, -0.1) is 0 Å². The van der Waals surface area contributed by atoms with Crippen LogP contribution >= 0.6 is 7.75 Å². The fourth-order valence-electron chi connectivity index (χ4n) is 3.92. The third-order valence-corrected chi connectivity index (χ3v) is 7.16. The third-order valence-electron chi connectivity index (χ3n) is 5.67. The molecule has 0 saturated heterocycles. The summed E-state index contributed by atoms with van der Waals surface area (Å²) in [6.45, 7) is 2.61. The zero-order valence-electron chi connectivity index (χ0n) is 17.6. The van der Waals surface area contributed by atoms with Crippen molar-refractivity contribution in [3.63, 3.8) is 0 Å². The van der Waals surface area contributed by atoms with E-state index in [1.807, 2.05) is 43.3 Å². The number of nitrogens with two attached hydrogens (primary N) is 1. The zero-order valence-corrected chi connectivity index (χ0v) is 18.4. The van der Waals surface area contributed by atoms with E-state index >= 15 is 0 Å². The Hall–Kier alpha value is -2.47. The first-order chi connectivity index (χ1) is 14.5. The van der Waals surface area contributed by atoms with Gasteiger partial charge in [0.2, 0.25) is 0 Å². The standard InChI is InChI=1S/C22H28N3O4P/c1-4-29-18-12-13-19-20(14-18)25(17-6-5-7-17)22(21(19)23)15-8-10-16(11-9-15)24-30(26,27-2)28-3/h8-14,17H,4-7,23H2,1-3H3,(H,24,26). The van der Waals surface area contributed by atoms with Crippen molar-refractivity contribution in [2.24, 2.45) is 0 Å². The molecule has 0 bridgehead atoms. The molecule has 2 aromatic carbocycles. The first kappa shape index (κ1) is 20.8. The van der Waals surface area contributed by atoms with Gasteiger partial charge in [-0.1, -0.05) is 12.1 Å². The Morgan fingerprint density at radius 1 is 1.13 bits per heavy atom. The Balaban J connectivity index is 1.78. The summed E-state index contributed by atoms with van der Waals surface area (Å²) in [5, 5.41) is 3.85. The SMILES string of the molecule is CCOc1ccc2c(N)c(-c3ccc(NP(=O)(OC)OC)cc3)n(C3CCC3)c2c1. The molecule has 30 heavy (non-hydrogen) atoms. The maximum atomic E-state index is 12.3. The summed E-state index contributed by atoms with van der Waals surface area (Å²) in [4.78, 5) is 0. The van der Waals surface area contributed by atoms with Crippen molar-refractivity contribution in [1.29, 1.82) is 0 Å². The van der Waals surface area contributed by atoms with Crippen LogP contribution in [0.3, 0.4) is 0 Å². The van der Waals surface area contributed by atoms with Crippen molar-refractivity contribution >= 4 is 30.0 Å². The highest BCUT2D eigenvalue weighted by molar-refractivity contribution is 7.55. The number of rotatable bonds is 8. The Morgan fingerprint density at radius 3 is 2.40 bits per heavy atom. The molecule has 0 atom stereocenters. The van der Waals surface area contributed by atoms with Crippen molar-refractivity contribution in [2.45, 2.75) is 32.2 Å².